The zero-order chi connectivity index (χ0) is 12.5. The van der Waals surface area contributed by atoms with Crippen molar-refractivity contribution in [2.45, 2.75) is 31.0 Å². The van der Waals surface area contributed by atoms with E-state index in [1.54, 1.807) is 13.8 Å². The van der Waals surface area contributed by atoms with E-state index >= 15 is 0 Å². The summed E-state index contributed by atoms with van der Waals surface area (Å²) in [6.45, 7) is 4.53. The predicted octanol–water partition coefficient (Wildman–Crippen LogP) is 0.511. The van der Waals surface area contributed by atoms with Gasteiger partial charge in [-0.05, 0) is 20.8 Å². The first-order valence-electron chi connectivity index (χ1n) is 4.43. The van der Waals surface area contributed by atoms with E-state index in [0.29, 0.717) is 10.7 Å². The van der Waals surface area contributed by atoms with E-state index in [9.17, 15) is 13.2 Å². The van der Waals surface area contributed by atoms with E-state index in [-0.39, 0.29) is 4.21 Å². The molecule has 1 rings (SSSR count). The summed E-state index contributed by atoms with van der Waals surface area (Å²) in [5.74, 6) is -1.22. The highest BCUT2D eigenvalue weighted by atomic mass is 32.2. The highest BCUT2D eigenvalue weighted by Gasteiger charge is 2.25. The number of rotatable bonds is 4. The smallest absolute Gasteiger partial charge is 0.321 e. The first-order valence-corrected chi connectivity index (χ1v) is 6.73. The lowest BCUT2D eigenvalue weighted by Crippen LogP contribution is -2.38. The molecule has 0 radical (unpaired) electrons. The van der Waals surface area contributed by atoms with Gasteiger partial charge >= 0.3 is 5.97 Å². The number of carbonyl (C=O) groups is 1. The maximum absolute atomic E-state index is 11.8. The van der Waals surface area contributed by atoms with Crippen molar-refractivity contribution in [2.24, 2.45) is 0 Å². The normalized spacial score (nSPS) is 13.7. The van der Waals surface area contributed by atoms with E-state index in [0.717, 1.165) is 11.3 Å². The van der Waals surface area contributed by atoms with E-state index < -0.39 is 22.0 Å². The highest BCUT2D eigenvalue weighted by molar-refractivity contribution is 7.91. The van der Waals surface area contributed by atoms with Gasteiger partial charge in [0, 0.05) is 0 Å². The van der Waals surface area contributed by atoms with Crippen LogP contribution < -0.4 is 4.72 Å². The summed E-state index contributed by atoms with van der Waals surface area (Å²) < 4.78 is 25.7. The van der Waals surface area contributed by atoms with Crippen LogP contribution in [-0.4, -0.2) is 30.5 Å². The number of aromatic nitrogens is 1. The minimum atomic E-state index is -3.79. The van der Waals surface area contributed by atoms with Crippen LogP contribution >= 0.6 is 11.3 Å². The number of aryl methyl sites for hydroxylation is 2. The molecule has 0 amide bonds. The van der Waals surface area contributed by atoms with Crippen molar-refractivity contribution in [1.82, 2.24) is 9.71 Å². The van der Waals surface area contributed by atoms with Gasteiger partial charge in [-0.3, -0.25) is 4.79 Å². The molecule has 1 unspecified atom stereocenters. The predicted molar refractivity (Wildman–Crippen MR) is 59.0 cm³/mol. The maximum Gasteiger partial charge on any atom is 0.321 e. The van der Waals surface area contributed by atoms with E-state index in [4.69, 9.17) is 5.11 Å². The molecule has 0 saturated heterocycles. The van der Waals surface area contributed by atoms with Gasteiger partial charge in [-0.25, -0.2) is 13.4 Å². The van der Waals surface area contributed by atoms with Crippen LogP contribution in [0.3, 0.4) is 0 Å². The van der Waals surface area contributed by atoms with Gasteiger partial charge in [0.15, 0.2) is 4.21 Å². The SMILES string of the molecule is Cc1nc(C)c(S(=O)(=O)NC(C)C(=O)O)s1. The number of sulfonamides is 1. The van der Waals surface area contributed by atoms with E-state index in [1.807, 2.05) is 0 Å². The Hall–Kier alpha value is -0.990. The Bertz CT molecular complexity index is 506. The topological polar surface area (TPSA) is 96.4 Å². The molecular formula is C8H12N2O4S2. The van der Waals surface area contributed by atoms with Gasteiger partial charge in [-0.1, -0.05) is 0 Å². The zero-order valence-corrected chi connectivity index (χ0v) is 10.6. The molecule has 90 valence electrons. The Balaban J connectivity index is 3.03. The lowest BCUT2D eigenvalue weighted by atomic mass is 10.4. The molecule has 2 N–H and O–H groups in total. The third kappa shape index (κ3) is 2.77. The van der Waals surface area contributed by atoms with Crippen molar-refractivity contribution in [3.63, 3.8) is 0 Å². The van der Waals surface area contributed by atoms with Crippen LogP contribution in [0.1, 0.15) is 17.6 Å². The number of aliphatic carboxylic acids is 1. The molecule has 1 atom stereocenters. The van der Waals surface area contributed by atoms with Gasteiger partial charge in [0.25, 0.3) is 10.0 Å². The fraction of sp³-hybridized carbons (Fsp3) is 0.500. The van der Waals surface area contributed by atoms with Crippen molar-refractivity contribution in [2.75, 3.05) is 0 Å². The molecule has 6 nitrogen and oxygen atoms in total. The Morgan fingerprint density at radius 3 is 2.44 bits per heavy atom. The number of carboxylic acid groups (broad SMARTS) is 1. The molecule has 0 aliphatic carbocycles. The molecule has 0 aliphatic heterocycles. The van der Waals surface area contributed by atoms with Gasteiger partial charge in [0.1, 0.15) is 6.04 Å². The fourth-order valence-corrected chi connectivity index (χ4v) is 3.80. The molecule has 0 aliphatic rings. The fourth-order valence-electron chi connectivity index (χ4n) is 1.10. The second kappa shape index (κ2) is 4.48. The van der Waals surface area contributed by atoms with Crippen LogP contribution in [0.2, 0.25) is 0 Å². The highest BCUT2D eigenvalue weighted by Crippen LogP contribution is 2.22. The lowest BCUT2D eigenvalue weighted by Gasteiger charge is -2.08. The number of nitrogens with one attached hydrogen (secondary N) is 1. The van der Waals surface area contributed by atoms with Crippen molar-refractivity contribution >= 4 is 27.3 Å². The summed E-state index contributed by atoms with van der Waals surface area (Å²) >= 11 is 1.02. The third-order valence-electron chi connectivity index (χ3n) is 1.81. The number of hydrogen-bond donors (Lipinski definition) is 2. The van der Waals surface area contributed by atoms with Gasteiger partial charge in [-0.2, -0.15) is 4.72 Å². The van der Waals surface area contributed by atoms with Crippen LogP contribution in [0, 0.1) is 13.8 Å². The summed E-state index contributed by atoms with van der Waals surface area (Å²) in [5, 5.41) is 9.25. The Morgan fingerprint density at radius 2 is 2.06 bits per heavy atom. The molecule has 0 spiro atoms. The summed E-state index contributed by atoms with van der Waals surface area (Å²) in [4.78, 5) is 14.5. The lowest BCUT2D eigenvalue weighted by molar-refractivity contribution is -0.138. The van der Waals surface area contributed by atoms with Crippen molar-refractivity contribution in [1.29, 1.82) is 0 Å². The van der Waals surface area contributed by atoms with Crippen LogP contribution in [0.5, 0.6) is 0 Å². The van der Waals surface area contributed by atoms with Crippen LogP contribution in [-0.2, 0) is 14.8 Å². The molecule has 1 aromatic rings. The quantitative estimate of drug-likeness (QED) is 0.826. The summed E-state index contributed by atoms with van der Waals surface area (Å²) in [6, 6.07) is -1.16. The molecule has 1 aromatic heterocycles. The van der Waals surface area contributed by atoms with Gasteiger partial charge in [0.05, 0.1) is 10.7 Å². The van der Waals surface area contributed by atoms with Crippen molar-refractivity contribution in [3.8, 4) is 0 Å². The minimum Gasteiger partial charge on any atom is -0.480 e. The Morgan fingerprint density at radius 1 is 1.50 bits per heavy atom. The first kappa shape index (κ1) is 13.1. The summed E-state index contributed by atoms with van der Waals surface area (Å²) in [6.07, 6.45) is 0. The van der Waals surface area contributed by atoms with Crippen molar-refractivity contribution < 1.29 is 18.3 Å². The molecule has 1 heterocycles. The number of hydrogen-bond acceptors (Lipinski definition) is 5. The average molecular weight is 264 g/mol. The van der Waals surface area contributed by atoms with E-state index in [1.165, 1.54) is 6.92 Å². The molecule has 8 heteroatoms. The van der Waals surface area contributed by atoms with Crippen molar-refractivity contribution in [3.05, 3.63) is 10.7 Å². The van der Waals surface area contributed by atoms with Gasteiger partial charge < -0.3 is 5.11 Å². The minimum absolute atomic E-state index is 0.0677. The Labute approximate surface area is 97.4 Å². The van der Waals surface area contributed by atoms with Crippen LogP contribution in [0.4, 0.5) is 0 Å². The van der Waals surface area contributed by atoms with Gasteiger partial charge in [0.2, 0.25) is 0 Å². The molecule has 0 fully saturated rings. The second-order valence-corrected chi connectivity index (χ2v) is 6.40. The molecule has 0 saturated carbocycles. The average Bonchev–Trinajstić information content (AvgIpc) is 2.45. The van der Waals surface area contributed by atoms with Crippen LogP contribution in [0.25, 0.3) is 0 Å². The van der Waals surface area contributed by atoms with Crippen LogP contribution in [0.15, 0.2) is 4.21 Å². The zero-order valence-electron chi connectivity index (χ0n) is 9.01. The van der Waals surface area contributed by atoms with Gasteiger partial charge in [-0.15, -0.1) is 11.3 Å². The molecule has 0 bridgehead atoms. The molecule has 16 heavy (non-hydrogen) atoms. The van der Waals surface area contributed by atoms with E-state index in [2.05, 4.69) is 9.71 Å². The number of nitrogens with zero attached hydrogens (tertiary/aromatic N) is 1. The first-order chi connectivity index (χ1) is 7.24. The monoisotopic (exact) mass is 264 g/mol. The number of thiazole rings is 1. The largest absolute Gasteiger partial charge is 0.480 e. The maximum atomic E-state index is 11.8. The Kier molecular flexibility index (Phi) is 3.66. The molecule has 0 aromatic carbocycles. The third-order valence-corrected chi connectivity index (χ3v) is 5.03. The summed E-state index contributed by atoms with van der Waals surface area (Å²) in [7, 11) is -3.79. The standard InChI is InChI=1S/C8H12N2O4S2/c1-4(7(11)12)10-16(13,14)8-5(2)9-6(3)15-8/h4,10H,1-3H3,(H,11,12). The molecular weight excluding hydrogens is 252 g/mol. The number of carboxylic acids is 1. The second-order valence-electron chi connectivity index (χ2n) is 3.29. The summed E-state index contributed by atoms with van der Waals surface area (Å²) in [5.41, 5.74) is 0.382.